The molecule has 0 heterocycles. The van der Waals surface area contributed by atoms with E-state index in [1.807, 2.05) is 0 Å². The molecule has 0 spiro atoms. The van der Waals surface area contributed by atoms with Crippen LogP contribution in [0.2, 0.25) is 0 Å². The van der Waals surface area contributed by atoms with Crippen molar-refractivity contribution in [2.45, 2.75) is 53.4 Å². The van der Waals surface area contributed by atoms with Gasteiger partial charge in [-0.15, -0.1) is 0 Å². The summed E-state index contributed by atoms with van der Waals surface area (Å²) >= 11 is 0. The standard InChI is InChI=1S/C14H32N2/c1-5-14(8-9-15)7-6-10-16-11-13(4)12(2)3/h12-14,16H,5-11,15H2,1-4H3. The lowest BCUT2D eigenvalue weighted by Gasteiger charge is -2.17. The predicted molar refractivity (Wildman–Crippen MR) is 73.6 cm³/mol. The molecule has 0 aliphatic rings. The molecule has 0 aromatic heterocycles. The Morgan fingerprint density at radius 1 is 1.12 bits per heavy atom. The molecule has 16 heavy (non-hydrogen) atoms. The van der Waals surface area contributed by atoms with Crippen LogP contribution in [-0.4, -0.2) is 19.6 Å². The fourth-order valence-electron chi connectivity index (χ4n) is 1.87. The highest BCUT2D eigenvalue weighted by Crippen LogP contribution is 2.14. The van der Waals surface area contributed by atoms with Crippen LogP contribution in [-0.2, 0) is 0 Å². The van der Waals surface area contributed by atoms with Crippen LogP contribution in [0.1, 0.15) is 53.4 Å². The molecule has 0 rings (SSSR count). The average Bonchev–Trinajstić information content (AvgIpc) is 2.26. The maximum atomic E-state index is 5.59. The third-order valence-corrected chi connectivity index (χ3v) is 3.72. The fourth-order valence-corrected chi connectivity index (χ4v) is 1.87. The van der Waals surface area contributed by atoms with Gasteiger partial charge in [-0.3, -0.25) is 0 Å². The first-order valence-electron chi connectivity index (χ1n) is 7.02. The summed E-state index contributed by atoms with van der Waals surface area (Å²) in [7, 11) is 0. The first-order chi connectivity index (χ1) is 7.61. The van der Waals surface area contributed by atoms with Gasteiger partial charge in [-0.05, 0) is 56.7 Å². The van der Waals surface area contributed by atoms with Crippen LogP contribution in [0.5, 0.6) is 0 Å². The Kier molecular flexibility index (Phi) is 10.0. The van der Waals surface area contributed by atoms with Gasteiger partial charge >= 0.3 is 0 Å². The van der Waals surface area contributed by atoms with Crippen LogP contribution in [0.25, 0.3) is 0 Å². The zero-order valence-electron chi connectivity index (χ0n) is 11.8. The highest BCUT2D eigenvalue weighted by Gasteiger charge is 2.07. The molecule has 0 radical (unpaired) electrons. The van der Waals surface area contributed by atoms with E-state index in [0.29, 0.717) is 0 Å². The van der Waals surface area contributed by atoms with Gasteiger partial charge in [0.2, 0.25) is 0 Å². The zero-order chi connectivity index (χ0) is 12.4. The first kappa shape index (κ1) is 15.9. The molecule has 3 N–H and O–H groups in total. The largest absolute Gasteiger partial charge is 0.330 e. The van der Waals surface area contributed by atoms with Gasteiger partial charge in [0.15, 0.2) is 0 Å². The van der Waals surface area contributed by atoms with Crippen molar-refractivity contribution >= 4 is 0 Å². The summed E-state index contributed by atoms with van der Waals surface area (Å²) in [5, 5.41) is 3.56. The Morgan fingerprint density at radius 3 is 2.31 bits per heavy atom. The second-order valence-corrected chi connectivity index (χ2v) is 5.42. The molecular weight excluding hydrogens is 196 g/mol. The van der Waals surface area contributed by atoms with Crippen molar-refractivity contribution in [2.24, 2.45) is 23.5 Å². The molecule has 2 nitrogen and oxygen atoms in total. The lowest BCUT2D eigenvalue weighted by molar-refractivity contribution is 0.378. The van der Waals surface area contributed by atoms with E-state index < -0.39 is 0 Å². The van der Waals surface area contributed by atoms with Crippen LogP contribution in [0.3, 0.4) is 0 Å². The summed E-state index contributed by atoms with van der Waals surface area (Å²) < 4.78 is 0. The monoisotopic (exact) mass is 228 g/mol. The lowest BCUT2D eigenvalue weighted by atomic mass is 9.96. The molecule has 0 amide bonds. The van der Waals surface area contributed by atoms with E-state index in [-0.39, 0.29) is 0 Å². The van der Waals surface area contributed by atoms with Crippen molar-refractivity contribution in [3.8, 4) is 0 Å². The SMILES string of the molecule is CCC(CCN)CCCNCC(C)C(C)C. The molecule has 0 bridgehead atoms. The van der Waals surface area contributed by atoms with Gasteiger partial charge in [0.1, 0.15) is 0 Å². The van der Waals surface area contributed by atoms with Crippen molar-refractivity contribution in [1.82, 2.24) is 5.32 Å². The van der Waals surface area contributed by atoms with E-state index in [9.17, 15) is 0 Å². The second-order valence-electron chi connectivity index (χ2n) is 5.42. The minimum Gasteiger partial charge on any atom is -0.330 e. The molecular formula is C14H32N2. The van der Waals surface area contributed by atoms with E-state index in [1.165, 1.54) is 25.7 Å². The molecule has 0 aromatic rings. The van der Waals surface area contributed by atoms with Crippen molar-refractivity contribution in [1.29, 1.82) is 0 Å². The molecule has 0 aliphatic heterocycles. The van der Waals surface area contributed by atoms with Crippen LogP contribution in [0, 0.1) is 17.8 Å². The maximum absolute atomic E-state index is 5.59. The Hall–Kier alpha value is -0.0800. The van der Waals surface area contributed by atoms with E-state index >= 15 is 0 Å². The van der Waals surface area contributed by atoms with Gasteiger partial charge in [-0.1, -0.05) is 34.1 Å². The smallest absolute Gasteiger partial charge is 0.00207 e. The Balaban J connectivity index is 3.38. The Labute approximate surface area is 102 Å². The molecule has 2 atom stereocenters. The molecule has 98 valence electrons. The van der Waals surface area contributed by atoms with Crippen molar-refractivity contribution in [2.75, 3.05) is 19.6 Å². The number of hydrogen-bond acceptors (Lipinski definition) is 2. The molecule has 0 aromatic carbocycles. The van der Waals surface area contributed by atoms with Gasteiger partial charge in [-0.2, -0.15) is 0 Å². The molecule has 2 unspecified atom stereocenters. The number of hydrogen-bond donors (Lipinski definition) is 2. The highest BCUT2D eigenvalue weighted by atomic mass is 14.8. The Morgan fingerprint density at radius 2 is 1.81 bits per heavy atom. The van der Waals surface area contributed by atoms with E-state index in [2.05, 4.69) is 33.0 Å². The van der Waals surface area contributed by atoms with Crippen LogP contribution >= 0.6 is 0 Å². The highest BCUT2D eigenvalue weighted by molar-refractivity contribution is 4.62. The van der Waals surface area contributed by atoms with E-state index in [4.69, 9.17) is 5.73 Å². The first-order valence-corrected chi connectivity index (χ1v) is 7.02. The molecule has 0 saturated heterocycles. The van der Waals surface area contributed by atoms with Crippen LogP contribution in [0.15, 0.2) is 0 Å². The summed E-state index contributed by atoms with van der Waals surface area (Å²) in [5.74, 6) is 2.41. The molecule has 2 heteroatoms. The summed E-state index contributed by atoms with van der Waals surface area (Å²) in [6.45, 7) is 12.3. The van der Waals surface area contributed by atoms with Crippen LogP contribution < -0.4 is 11.1 Å². The second kappa shape index (κ2) is 10.1. The maximum Gasteiger partial charge on any atom is -0.00207 e. The normalized spacial score (nSPS) is 15.4. The summed E-state index contributed by atoms with van der Waals surface area (Å²) in [6, 6.07) is 0. The summed E-state index contributed by atoms with van der Waals surface area (Å²) in [5.41, 5.74) is 5.59. The third kappa shape index (κ3) is 8.12. The average molecular weight is 228 g/mol. The minimum absolute atomic E-state index is 0.783. The predicted octanol–water partition coefficient (Wildman–Crippen LogP) is 3.02. The number of nitrogens with one attached hydrogen (secondary N) is 1. The van der Waals surface area contributed by atoms with Gasteiger partial charge < -0.3 is 11.1 Å². The molecule has 0 aliphatic carbocycles. The van der Waals surface area contributed by atoms with Crippen molar-refractivity contribution in [3.05, 3.63) is 0 Å². The summed E-state index contributed by atoms with van der Waals surface area (Å²) in [6.07, 6.45) is 5.10. The molecule has 0 fully saturated rings. The van der Waals surface area contributed by atoms with Crippen LogP contribution in [0.4, 0.5) is 0 Å². The van der Waals surface area contributed by atoms with Crippen molar-refractivity contribution < 1.29 is 0 Å². The zero-order valence-corrected chi connectivity index (χ0v) is 11.8. The lowest BCUT2D eigenvalue weighted by Crippen LogP contribution is -2.25. The third-order valence-electron chi connectivity index (χ3n) is 3.72. The number of nitrogens with two attached hydrogens (primary N) is 1. The van der Waals surface area contributed by atoms with E-state index in [0.717, 1.165) is 37.4 Å². The quantitative estimate of drug-likeness (QED) is 0.564. The minimum atomic E-state index is 0.783. The van der Waals surface area contributed by atoms with Crippen molar-refractivity contribution in [3.63, 3.8) is 0 Å². The summed E-state index contributed by atoms with van der Waals surface area (Å²) in [4.78, 5) is 0. The van der Waals surface area contributed by atoms with Gasteiger partial charge in [0.25, 0.3) is 0 Å². The molecule has 0 saturated carbocycles. The van der Waals surface area contributed by atoms with Gasteiger partial charge in [0.05, 0.1) is 0 Å². The van der Waals surface area contributed by atoms with Gasteiger partial charge in [0, 0.05) is 0 Å². The Bertz CT molecular complexity index is 146. The van der Waals surface area contributed by atoms with E-state index in [1.54, 1.807) is 0 Å². The van der Waals surface area contributed by atoms with Gasteiger partial charge in [-0.25, -0.2) is 0 Å². The topological polar surface area (TPSA) is 38.0 Å². The number of rotatable bonds is 10. The fraction of sp³-hybridized carbons (Fsp3) is 1.00.